The number of hydrogen-bond acceptors (Lipinski definition) is 0. The third-order valence-electron chi connectivity index (χ3n) is 1.45. The van der Waals surface area contributed by atoms with E-state index in [1.165, 1.54) is 25.7 Å². The Balaban J connectivity index is 2.30. The number of rotatable bonds is 0. The molecule has 0 saturated heterocycles. The van der Waals surface area contributed by atoms with Gasteiger partial charge in [-0.3, -0.25) is 0 Å². The molecule has 1 aliphatic carbocycles. The lowest BCUT2D eigenvalue weighted by molar-refractivity contribution is 0.751. The Labute approximate surface area is 64.5 Å². The summed E-state index contributed by atoms with van der Waals surface area (Å²) in [6, 6.07) is 0. The molecule has 0 saturated carbocycles. The molecule has 0 spiro atoms. The van der Waals surface area contributed by atoms with E-state index in [-0.39, 0.29) is 0 Å². The summed E-state index contributed by atoms with van der Waals surface area (Å²) in [5.74, 6) is 0. The van der Waals surface area contributed by atoms with E-state index in [2.05, 4.69) is 34.7 Å². The highest BCUT2D eigenvalue weighted by Crippen LogP contribution is 2.18. The predicted molar refractivity (Wildman–Crippen MR) is 45.4 cm³/mol. The van der Waals surface area contributed by atoms with Crippen LogP contribution in [0.1, 0.15) is 25.7 Å². The molecule has 0 aliphatic heterocycles. The zero-order valence-corrected chi connectivity index (χ0v) is 7.10. The monoisotopic (exact) mass is 222 g/mol. The molecule has 1 unspecified atom stereocenters. The molecule has 0 aromatic heterocycles. The van der Waals surface area contributed by atoms with Crippen LogP contribution in [0, 0.1) is 0 Å². The van der Waals surface area contributed by atoms with Crippen molar-refractivity contribution in [3.05, 3.63) is 12.2 Å². The Hall–Kier alpha value is 0.470. The van der Waals surface area contributed by atoms with E-state index in [1.807, 2.05) is 0 Å². The molecule has 0 aromatic rings. The quantitative estimate of drug-likeness (QED) is 0.336. The lowest BCUT2D eigenvalue weighted by atomic mass is 10.2. The van der Waals surface area contributed by atoms with Crippen LogP contribution in [-0.4, -0.2) is 3.92 Å². The van der Waals surface area contributed by atoms with Gasteiger partial charge in [-0.15, -0.1) is 0 Å². The molecule has 0 amide bonds. The number of allylic oxidation sites excluding steroid dienone is 2. The van der Waals surface area contributed by atoms with Crippen molar-refractivity contribution in [1.29, 1.82) is 0 Å². The van der Waals surface area contributed by atoms with E-state index in [4.69, 9.17) is 0 Å². The summed E-state index contributed by atoms with van der Waals surface area (Å²) in [5.41, 5.74) is 0. The number of alkyl halides is 1. The molecule has 1 atom stereocenters. The molecule has 0 heterocycles. The van der Waals surface area contributed by atoms with Crippen LogP contribution in [0.4, 0.5) is 0 Å². The second-order valence-corrected chi connectivity index (χ2v) is 4.00. The summed E-state index contributed by atoms with van der Waals surface area (Å²) in [4.78, 5) is 0. The molecular weight excluding hydrogens is 211 g/mol. The van der Waals surface area contributed by atoms with Gasteiger partial charge in [0.2, 0.25) is 0 Å². The van der Waals surface area contributed by atoms with Gasteiger partial charge in [0.15, 0.2) is 0 Å². The van der Waals surface area contributed by atoms with Crippen LogP contribution in [0.15, 0.2) is 12.2 Å². The summed E-state index contributed by atoms with van der Waals surface area (Å²) in [5, 5.41) is 0. The molecule has 46 valence electrons. The van der Waals surface area contributed by atoms with Crippen molar-refractivity contribution in [1.82, 2.24) is 0 Å². The van der Waals surface area contributed by atoms with Crippen LogP contribution in [0.2, 0.25) is 0 Å². The summed E-state index contributed by atoms with van der Waals surface area (Å²) < 4.78 is 0.909. The van der Waals surface area contributed by atoms with Gasteiger partial charge < -0.3 is 0 Å². The lowest BCUT2D eigenvalue weighted by Crippen LogP contribution is -1.91. The summed E-state index contributed by atoms with van der Waals surface area (Å²) in [7, 11) is 0. The Morgan fingerprint density at radius 3 is 3.12 bits per heavy atom. The van der Waals surface area contributed by atoms with Gasteiger partial charge in [0.05, 0.1) is 0 Å². The molecule has 8 heavy (non-hydrogen) atoms. The second kappa shape index (κ2) is 3.49. The van der Waals surface area contributed by atoms with Gasteiger partial charge in [0, 0.05) is 3.92 Å². The van der Waals surface area contributed by atoms with E-state index in [0.717, 1.165) is 3.92 Å². The van der Waals surface area contributed by atoms with Gasteiger partial charge in [-0.1, -0.05) is 34.7 Å². The van der Waals surface area contributed by atoms with Crippen molar-refractivity contribution in [3.8, 4) is 0 Å². The highest BCUT2D eigenvalue weighted by molar-refractivity contribution is 14.1. The summed E-state index contributed by atoms with van der Waals surface area (Å²) in [6.07, 6.45) is 10.0. The third kappa shape index (κ3) is 2.16. The largest absolute Gasteiger partial charge is 0.0885 e. The van der Waals surface area contributed by atoms with Crippen molar-refractivity contribution < 1.29 is 0 Å². The van der Waals surface area contributed by atoms with Crippen LogP contribution in [-0.2, 0) is 0 Å². The fraction of sp³-hybridized carbons (Fsp3) is 0.714. The highest BCUT2D eigenvalue weighted by atomic mass is 127. The fourth-order valence-corrected chi connectivity index (χ4v) is 1.67. The Morgan fingerprint density at radius 1 is 1.38 bits per heavy atom. The fourth-order valence-electron chi connectivity index (χ4n) is 0.937. The second-order valence-electron chi connectivity index (χ2n) is 2.24. The Kier molecular flexibility index (Phi) is 2.87. The lowest BCUT2D eigenvalue weighted by Gasteiger charge is -1.99. The average molecular weight is 222 g/mol. The molecule has 0 nitrogen and oxygen atoms in total. The first-order valence-electron chi connectivity index (χ1n) is 3.18. The molecule has 0 aromatic carbocycles. The molecule has 1 rings (SSSR count). The van der Waals surface area contributed by atoms with Crippen molar-refractivity contribution >= 4 is 22.6 Å². The van der Waals surface area contributed by atoms with Crippen LogP contribution >= 0.6 is 22.6 Å². The predicted octanol–water partition coefficient (Wildman–Crippen LogP) is 2.92. The van der Waals surface area contributed by atoms with E-state index >= 15 is 0 Å². The van der Waals surface area contributed by atoms with E-state index in [0.29, 0.717) is 0 Å². The van der Waals surface area contributed by atoms with Gasteiger partial charge in [0.25, 0.3) is 0 Å². The maximum atomic E-state index is 2.53. The van der Waals surface area contributed by atoms with Crippen molar-refractivity contribution in [2.24, 2.45) is 0 Å². The molecular formula is C7H11I. The first-order valence-corrected chi connectivity index (χ1v) is 4.43. The van der Waals surface area contributed by atoms with E-state index in [1.54, 1.807) is 0 Å². The van der Waals surface area contributed by atoms with Crippen LogP contribution in [0.3, 0.4) is 0 Å². The highest BCUT2D eigenvalue weighted by Gasteiger charge is 2.02. The summed E-state index contributed by atoms with van der Waals surface area (Å²) in [6.45, 7) is 0. The SMILES string of the molecule is IC1CC=CCCC1. The third-order valence-corrected chi connectivity index (χ3v) is 2.58. The van der Waals surface area contributed by atoms with Crippen molar-refractivity contribution in [2.75, 3.05) is 0 Å². The molecule has 0 N–H and O–H groups in total. The first-order chi connectivity index (χ1) is 3.89. The molecule has 1 aliphatic rings. The smallest absolute Gasteiger partial charge is 0.0144 e. The molecule has 0 fully saturated rings. The topological polar surface area (TPSA) is 0 Å². The summed E-state index contributed by atoms with van der Waals surface area (Å²) >= 11 is 2.53. The van der Waals surface area contributed by atoms with Crippen molar-refractivity contribution in [3.63, 3.8) is 0 Å². The van der Waals surface area contributed by atoms with Crippen LogP contribution in [0.5, 0.6) is 0 Å². The standard InChI is InChI=1S/C7H11I/c8-7-5-3-1-2-4-6-7/h1,3,7H,2,4-6H2. The zero-order chi connectivity index (χ0) is 5.82. The molecule has 1 heteroatoms. The molecule has 0 radical (unpaired) electrons. The van der Waals surface area contributed by atoms with Crippen LogP contribution in [0.25, 0.3) is 0 Å². The van der Waals surface area contributed by atoms with Gasteiger partial charge in [-0.2, -0.15) is 0 Å². The van der Waals surface area contributed by atoms with Gasteiger partial charge in [0.1, 0.15) is 0 Å². The zero-order valence-electron chi connectivity index (χ0n) is 4.94. The maximum Gasteiger partial charge on any atom is 0.0144 e. The minimum absolute atomic E-state index is 0.909. The Morgan fingerprint density at radius 2 is 2.25 bits per heavy atom. The first kappa shape index (κ1) is 6.59. The number of halogens is 1. The van der Waals surface area contributed by atoms with Gasteiger partial charge in [-0.25, -0.2) is 0 Å². The van der Waals surface area contributed by atoms with E-state index in [9.17, 15) is 0 Å². The Bertz CT molecular complexity index is 86.4. The average Bonchev–Trinajstić information content (AvgIpc) is 1.94. The minimum Gasteiger partial charge on any atom is -0.0885 e. The molecule has 0 bridgehead atoms. The van der Waals surface area contributed by atoms with Gasteiger partial charge in [-0.05, 0) is 25.7 Å². The normalized spacial score (nSPS) is 29.9. The maximum absolute atomic E-state index is 2.53. The van der Waals surface area contributed by atoms with Crippen molar-refractivity contribution in [2.45, 2.75) is 29.6 Å². The van der Waals surface area contributed by atoms with Gasteiger partial charge >= 0.3 is 0 Å². The number of hydrogen-bond donors (Lipinski definition) is 0. The van der Waals surface area contributed by atoms with Crippen LogP contribution < -0.4 is 0 Å². The minimum atomic E-state index is 0.909. The van der Waals surface area contributed by atoms with E-state index < -0.39 is 0 Å².